The largest absolute Gasteiger partial charge is 0.373 e. The molecule has 3 heterocycles. The molecule has 7 heteroatoms. The van der Waals surface area contributed by atoms with E-state index >= 15 is 0 Å². The summed E-state index contributed by atoms with van der Waals surface area (Å²) in [5, 5.41) is 5.33. The molecule has 1 aromatic carbocycles. The second kappa shape index (κ2) is 8.82. The van der Waals surface area contributed by atoms with Crippen molar-refractivity contribution in [1.29, 1.82) is 0 Å². The fourth-order valence-corrected chi connectivity index (χ4v) is 4.26. The second-order valence-electron chi connectivity index (χ2n) is 7.36. The molecule has 1 amide bonds. The minimum Gasteiger partial charge on any atom is -0.373 e. The van der Waals surface area contributed by atoms with Gasteiger partial charge in [-0.15, -0.1) is 11.3 Å². The maximum Gasteiger partial charge on any atom is 0.257 e. The minimum atomic E-state index is -0.160. The summed E-state index contributed by atoms with van der Waals surface area (Å²) < 4.78 is 5.79. The molecule has 1 N–H and O–H groups in total. The Balaban J connectivity index is 1.36. The summed E-state index contributed by atoms with van der Waals surface area (Å²) in [7, 11) is 0. The standard InChI is InChI=1S/C22H24N4O2S/c1-15-11-26(12-16(2)28-15)13-17-6-8-18(9-7-17)21(27)25-22-24-20(14-29-22)19-5-3-4-10-23-19/h3-10,14-16H,11-13H2,1-2H3,(H,24,25,27)/t15-,16-/m0/s1. The maximum atomic E-state index is 12.6. The summed E-state index contributed by atoms with van der Waals surface area (Å²) in [5.74, 6) is -0.160. The number of carbonyl (C=O) groups excluding carboxylic acids is 1. The lowest BCUT2D eigenvalue weighted by Crippen LogP contribution is -2.44. The average molecular weight is 409 g/mol. The van der Waals surface area contributed by atoms with Crippen LogP contribution in [-0.4, -0.2) is 46.1 Å². The highest BCUT2D eigenvalue weighted by Gasteiger charge is 2.22. The van der Waals surface area contributed by atoms with Gasteiger partial charge in [-0.25, -0.2) is 4.98 Å². The van der Waals surface area contributed by atoms with E-state index in [0.717, 1.165) is 31.0 Å². The van der Waals surface area contributed by atoms with Crippen molar-refractivity contribution in [3.8, 4) is 11.4 Å². The van der Waals surface area contributed by atoms with Gasteiger partial charge >= 0.3 is 0 Å². The summed E-state index contributed by atoms with van der Waals surface area (Å²) in [6.07, 6.45) is 2.23. The van der Waals surface area contributed by atoms with Crippen molar-refractivity contribution in [2.24, 2.45) is 0 Å². The zero-order valence-corrected chi connectivity index (χ0v) is 17.4. The molecule has 3 aromatic rings. The van der Waals surface area contributed by atoms with Crippen molar-refractivity contribution in [3.05, 3.63) is 65.2 Å². The van der Waals surface area contributed by atoms with E-state index in [9.17, 15) is 4.79 Å². The van der Waals surface area contributed by atoms with Crippen molar-refractivity contribution >= 4 is 22.4 Å². The number of benzene rings is 1. The Hall–Kier alpha value is -2.61. The van der Waals surface area contributed by atoms with Crippen molar-refractivity contribution < 1.29 is 9.53 Å². The highest BCUT2D eigenvalue weighted by molar-refractivity contribution is 7.14. The molecule has 1 saturated heterocycles. The molecule has 2 aromatic heterocycles. The first-order valence-corrected chi connectivity index (χ1v) is 10.6. The smallest absolute Gasteiger partial charge is 0.257 e. The lowest BCUT2D eigenvalue weighted by atomic mass is 10.1. The lowest BCUT2D eigenvalue weighted by Gasteiger charge is -2.35. The first-order chi connectivity index (χ1) is 14.1. The molecule has 4 rings (SSSR count). The molecule has 150 valence electrons. The van der Waals surface area contributed by atoms with Crippen molar-refractivity contribution in [1.82, 2.24) is 14.9 Å². The third-order valence-corrected chi connectivity index (χ3v) is 5.53. The van der Waals surface area contributed by atoms with E-state index < -0.39 is 0 Å². The number of nitrogens with zero attached hydrogens (tertiary/aromatic N) is 3. The Kier molecular flexibility index (Phi) is 5.99. The number of morpholine rings is 1. The van der Waals surface area contributed by atoms with E-state index in [0.29, 0.717) is 10.7 Å². The molecule has 0 aliphatic carbocycles. The van der Waals surface area contributed by atoms with Crippen LogP contribution in [0.5, 0.6) is 0 Å². The number of amides is 1. The zero-order chi connectivity index (χ0) is 20.2. The summed E-state index contributed by atoms with van der Waals surface area (Å²) >= 11 is 1.39. The second-order valence-corrected chi connectivity index (χ2v) is 8.21. The Labute approximate surface area is 174 Å². The van der Waals surface area contributed by atoms with Crippen LogP contribution in [0.15, 0.2) is 54.0 Å². The van der Waals surface area contributed by atoms with Crippen LogP contribution in [0.3, 0.4) is 0 Å². The molecule has 0 unspecified atom stereocenters. The maximum absolute atomic E-state index is 12.6. The van der Waals surface area contributed by atoms with Gasteiger partial charge in [-0.1, -0.05) is 18.2 Å². The molecular formula is C22H24N4O2S. The van der Waals surface area contributed by atoms with Crippen molar-refractivity contribution in [3.63, 3.8) is 0 Å². The monoisotopic (exact) mass is 408 g/mol. The number of pyridine rings is 1. The number of anilines is 1. The SMILES string of the molecule is C[C@H]1CN(Cc2ccc(C(=O)Nc3nc(-c4ccccn4)cs3)cc2)C[C@H](C)O1. The van der Waals surface area contributed by atoms with E-state index in [4.69, 9.17) is 4.74 Å². The molecule has 0 saturated carbocycles. The predicted molar refractivity (Wildman–Crippen MR) is 115 cm³/mol. The Morgan fingerprint density at radius 1 is 1.14 bits per heavy atom. The third-order valence-electron chi connectivity index (χ3n) is 4.77. The summed E-state index contributed by atoms with van der Waals surface area (Å²) in [4.78, 5) is 23.7. The first kappa shape index (κ1) is 19.7. The number of hydrogen-bond acceptors (Lipinski definition) is 6. The van der Waals surface area contributed by atoms with Gasteiger partial charge in [0.25, 0.3) is 5.91 Å². The number of carbonyl (C=O) groups is 1. The molecule has 6 nitrogen and oxygen atoms in total. The van der Waals surface area contributed by atoms with E-state index in [1.807, 2.05) is 47.8 Å². The fraction of sp³-hybridized carbons (Fsp3) is 0.318. The number of hydrogen-bond donors (Lipinski definition) is 1. The molecule has 1 aliphatic rings. The summed E-state index contributed by atoms with van der Waals surface area (Å²) in [6.45, 7) is 6.92. The topological polar surface area (TPSA) is 67.4 Å². The molecule has 0 radical (unpaired) electrons. The zero-order valence-electron chi connectivity index (χ0n) is 16.5. The van der Waals surface area contributed by atoms with Crippen LogP contribution < -0.4 is 5.32 Å². The minimum absolute atomic E-state index is 0.160. The third kappa shape index (κ3) is 5.06. The van der Waals surface area contributed by atoms with Gasteiger partial charge in [-0.2, -0.15) is 0 Å². The van der Waals surface area contributed by atoms with Gasteiger partial charge in [0.1, 0.15) is 5.69 Å². The molecule has 0 spiro atoms. The van der Waals surface area contributed by atoms with Gasteiger partial charge < -0.3 is 4.74 Å². The highest BCUT2D eigenvalue weighted by Crippen LogP contribution is 2.23. The Bertz CT molecular complexity index is 948. The number of nitrogens with one attached hydrogen (secondary N) is 1. The van der Waals surface area contributed by atoms with E-state index in [2.05, 4.69) is 34.0 Å². The Morgan fingerprint density at radius 2 is 1.90 bits per heavy atom. The Morgan fingerprint density at radius 3 is 2.59 bits per heavy atom. The molecule has 1 fully saturated rings. The highest BCUT2D eigenvalue weighted by atomic mass is 32.1. The first-order valence-electron chi connectivity index (χ1n) is 9.72. The van der Waals surface area contributed by atoms with Crippen LogP contribution in [0.1, 0.15) is 29.8 Å². The quantitative estimate of drug-likeness (QED) is 0.689. The van der Waals surface area contributed by atoms with Crippen molar-refractivity contribution in [2.75, 3.05) is 18.4 Å². The van der Waals surface area contributed by atoms with Crippen LogP contribution in [0.25, 0.3) is 11.4 Å². The average Bonchev–Trinajstić information content (AvgIpc) is 3.17. The van der Waals surface area contributed by atoms with Gasteiger partial charge in [0.2, 0.25) is 0 Å². The fourth-order valence-electron chi connectivity index (χ4n) is 3.57. The van der Waals surface area contributed by atoms with Crippen molar-refractivity contribution in [2.45, 2.75) is 32.6 Å². The molecule has 29 heavy (non-hydrogen) atoms. The van der Waals surface area contributed by atoms with E-state index in [1.165, 1.54) is 16.9 Å². The van der Waals surface area contributed by atoms with Gasteiger partial charge in [-0.05, 0) is 43.7 Å². The summed E-state index contributed by atoms with van der Waals surface area (Å²) in [5.41, 5.74) is 3.36. The van der Waals surface area contributed by atoms with Gasteiger partial charge in [0.05, 0.1) is 17.9 Å². The van der Waals surface area contributed by atoms with Crippen LogP contribution >= 0.6 is 11.3 Å². The van der Waals surface area contributed by atoms with Gasteiger partial charge in [0.15, 0.2) is 5.13 Å². The predicted octanol–water partition coefficient (Wildman–Crippen LogP) is 4.07. The number of ether oxygens (including phenoxy) is 1. The lowest BCUT2D eigenvalue weighted by molar-refractivity contribution is -0.0704. The normalized spacial score (nSPS) is 19.8. The van der Waals surface area contributed by atoms with Crippen LogP contribution in [0.2, 0.25) is 0 Å². The number of aromatic nitrogens is 2. The molecule has 2 atom stereocenters. The van der Waals surface area contributed by atoms with Gasteiger partial charge in [-0.3, -0.25) is 20.0 Å². The number of thiazole rings is 1. The van der Waals surface area contributed by atoms with E-state index in [1.54, 1.807) is 6.20 Å². The van der Waals surface area contributed by atoms with Gasteiger partial charge in [0, 0.05) is 36.8 Å². The molecular weight excluding hydrogens is 384 g/mol. The van der Waals surface area contributed by atoms with E-state index in [-0.39, 0.29) is 18.1 Å². The number of rotatable bonds is 5. The van der Waals surface area contributed by atoms with Crippen LogP contribution in [-0.2, 0) is 11.3 Å². The van der Waals surface area contributed by atoms with Crippen LogP contribution in [0, 0.1) is 0 Å². The molecule has 1 aliphatic heterocycles. The molecule has 0 bridgehead atoms. The summed E-state index contributed by atoms with van der Waals surface area (Å²) in [6, 6.07) is 13.4. The van der Waals surface area contributed by atoms with Crippen LogP contribution in [0.4, 0.5) is 5.13 Å².